The van der Waals surface area contributed by atoms with Crippen LogP contribution in [-0.4, -0.2) is 13.4 Å². The molecular weight excluding hydrogens is 304 g/mol. The predicted octanol–water partition coefficient (Wildman–Crippen LogP) is 3.52. The van der Waals surface area contributed by atoms with Gasteiger partial charge in [0.1, 0.15) is 0 Å². The number of aromatic nitrogens is 1. The van der Waals surface area contributed by atoms with E-state index in [0.29, 0.717) is 5.13 Å². The van der Waals surface area contributed by atoms with Crippen LogP contribution >= 0.6 is 11.3 Å². The van der Waals surface area contributed by atoms with Crippen LogP contribution in [0.5, 0.6) is 0 Å². The summed E-state index contributed by atoms with van der Waals surface area (Å²) in [5.74, 6) is 0. The van der Waals surface area contributed by atoms with Crippen LogP contribution in [-0.2, 0) is 22.9 Å². The van der Waals surface area contributed by atoms with Gasteiger partial charge in [0.15, 0.2) is 5.13 Å². The lowest BCUT2D eigenvalue weighted by Crippen LogP contribution is -2.12. The summed E-state index contributed by atoms with van der Waals surface area (Å²) in [5, 5.41) is 0.488. The third-order valence-corrected chi connectivity index (χ3v) is 6.21. The highest BCUT2D eigenvalue weighted by Gasteiger charge is 2.19. The van der Waals surface area contributed by atoms with Crippen LogP contribution in [0.3, 0.4) is 0 Å². The Bertz CT molecular complexity index is 710. The third kappa shape index (κ3) is 3.27. The van der Waals surface area contributed by atoms with Crippen LogP contribution < -0.4 is 4.72 Å². The average Bonchev–Trinajstić information content (AvgIpc) is 2.67. The van der Waals surface area contributed by atoms with Crippen molar-refractivity contribution in [1.82, 2.24) is 4.98 Å². The molecule has 0 fully saturated rings. The Labute approximate surface area is 129 Å². The molecule has 2 aromatic rings. The van der Waals surface area contributed by atoms with Crippen LogP contribution in [0.2, 0.25) is 0 Å². The van der Waals surface area contributed by atoms with Crippen molar-refractivity contribution in [3.8, 4) is 0 Å². The minimum Gasteiger partial charge on any atom is -0.255 e. The first-order valence-electron chi connectivity index (χ1n) is 7.13. The molecule has 0 saturated carbocycles. The zero-order valence-electron chi connectivity index (χ0n) is 11.9. The lowest BCUT2D eigenvalue weighted by Gasteiger charge is -2.05. The van der Waals surface area contributed by atoms with Gasteiger partial charge in [-0.05, 0) is 44.7 Å². The van der Waals surface area contributed by atoms with Gasteiger partial charge < -0.3 is 0 Å². The molecule has 0 saturated heterocycles. The molecule has 6 heteroatoms. The first kappa shape index (κ1) is 14.5. The third-order valence-electron chi connectivity index (χ3n) is 3.65. The molecule has 4 nitrogen and oxygen atoms in total. The fraction of sp³-hybridized carbons (Fsp3) is 0.400. The molecule has 3 rings (SSSR count). The van der Waals surface area contributed by atoms with Crippen molar-refractivity contribution in [2.75, 3.05) is 4.72 Å². The van der Waals surface area contributed by atoms with Crippen LogP contribution in [0.15, 0.2) is 29.2 Å². The van der Waals surface area contributed by atoms with E-state index >= 15 is 0 Å². The summed E-state index contributed by atoms with van der Waals surface area (Å²) in [6.45, 7) is 1.93. The molecule has 112 valence electrons. The number of benzene rings is 1. The molecule has 1 aliphatic carbocycles. The Kier molecular flexibility index (Phi) is 3.99. The first-order valence-corrected chi connectivity index (χ1v) is 9.43. The van der Waals surface area contributed by atoms with Crippen molar-refractivity contribution in [3.05, 3.63) is 40.4 Å². The summed E-state index contributed by atoms with van der Waals surface area (Å²) in [6.07, 6.45) is 5.51. The topological polar surface area (TPSA) is 59.1 Å². The molecule has 1 aromatic heterocycles. The van der Waals surface area contributed by atoms with Gasteiger partial charge in [-0.1, -0.05) is 24.1 Å². The number of sulfonamides is 1. The smallest absolute Gasteiger partial charge is 0.255 e. The summed E-state index contributed by atoms with van der Waals surface area (Å²) in [6, 6.07) is 6.84. The van der Waals surface area contributed by atoms with Crippen molar-refractivity contribution in [3.63, 3.8) is 0 Å². The molecule has 0 aliphatic heterocycles. The normalized spacial score (nSPS) is 15.3. The second kappa shape index (κ2) is 5.77. The van der Waals surface area contributed by atoms with E-state index in [2.05, 4.69) is 9.71 Å². The zero-order valence-corrected chi connectivity index (χ0v) is 13.6. The number of anilines is 1. The van der Waals surface area contributed by atoms with Gasteiger partial charge in [0, 0.05) is 4.88 Å². The molecule has 0 atom stereocenters. The lowest BCUT2D eigenvalue weighted by molar-refractivity contribution is 0.601. The number of hydrogen-bond acceptors (Lipinski definition) is 4. The summed E-state index contributed by atoms with van der Waals surface area (Å²) < 4.78 is 27.3. The van der Waals surface area contributed by atoms with Crippen LogP contribution in [0.1, 0.15) is 35.4 Å². The van der Waals surface area contributed by atoms with Crippen molar-refractivity contribution in [2.45, 2.75) is 43.9 Å². The minimum absolute atomic E-state index is 0.276. The molecule has 0 spiro atoms. The molecule has 0 unspecified atom stereocenters. The average molecular weight is 322 g/mol. The van der Waals surface area contributed by atoms with Gasteiger partial charge >= 0.3 is 0 Å². The van der Waals surface area contributed by atoms with E-state index in [0.717, 1.165) is 30.5 Å². The summed E-state index contributed by atoms with van der Waals surface area (Å²) in [7, 11) is -3.54. The number of rotatable bonds is 3. The second-order valence-corrected chi connectivity index (χ2v) is 8.13. The van der Waals surface area contributed by atoms with Gasteiger partial charge in [0.05, 0.1) is 10.6 Å². The van der Waals surface area contributed by atoms with Crippen molar-refractivity contribution >= 4 is 26.5 Å². The number of nitrogens with one attached hydrogen (secondary N) is 1. The monoisotopic (exact) mass is 322 g/mol. The Morgan fingerprint density at radius 3 is 2.57 bits per heavy atom. The standard InChI is InChI=1S/C15H18N2O2S2/c1-11-7-9-12(10-8-11)21(18,19)17-15-16-13-5-3-2-4-6-14(13)20-15/h7-10H,2-6H2,1H3,(H,16,17). The fourth-order valence-corrected chi connectivity index (χ4v) is 4.75. The molecule has 0 amide bonds. The van der Waals surface area contributed by atoms with E-state index in [1.807, 2.05) is 6.92 Å². The number of hydrogen-bond donors (Lipinski definition) is 1. The molecule has 1 heterocycles. The van der Waals surface area contributed by atoms with Crippen molar-refractivity contribution in [2.24, 2.45) is 0 Å². The van der Waals surface area contributed by atoms with E-state index in [1.165, 1.54) is 29.1 Å². The number of thiazole rings is 1. The van der Waals surface area contributed by atoms with E-state index in [-0.39, 0.29) is 4.90 Å². The maximum Gasteiger partial charge on any atom is 0.263 e. The second-order valence-electron chi connectivity index (χ2n) is 5.37. The number of fused-ring (bicyclic) bond motifs is 1. The van der Waals surface area contributed by atoms with Gasteiger partial charge in [-0.3, -0.25) is 4.72 Å². The van der Waals surface area contributed by atoms with Crippen LogP contribution in [0.4, 0.5) is 5.13 Å². The highest BCUT2D eigenvalue weighted by Crippen LogP contribution is 2.30. The molecule has 1 N–H and O–H groups in total. The quantitative estimate of drug-likeness (QED) is 0.880. The van der Waals surface area contributed by atoms with Crippen molar-refractivity contribution < 1.29 is 8.42 Å². The highest BCUT2D eigenvalue weighted by atomic mass is 32.2. The lowest BCUT2D eigenvalue weighted by atomic mass is 10.2. The largest absolute Gasteiger partial charge is 0.263 e. The summed E-state index contributed by atoms with van der Waals surface area (Å²) in [5.41, 5.74) is 2.11. The van der Waals surface area contributed by atoms with Gasteiger partial charge in [-0.25, -0.2) is 13.4 Å². The molecular formula is C15H18N2O2S2. The van der Waals surface area contributed by atoms with Crippen LogP contribution in [0, 0.1) is 6.92 Å². The fourth-order valence-electron chi connectivity index (χ4n) is 2.46. The Morgan fingerprint density at radius 2 is 1.81 bits per heavy atom. The first-order chi connectivity index (χ1) is 10.0. The highest BCUT2D eigenvalue weighted by molar-refractivity contribution is 7.93. The SMILES string of the molecule is Cc1ccc(S(=O)(=O)Nc2nc3c(s2)CCCCC3)cc1. The predicted molar refractivity (Wildman–Crippen MR) is 85.4 cm³/mol. The van der Waals surface area contributed by atoms with Crippen molar-refractivity contribution in [1.29, 1.82) is 0 Å². The number of aryl methyl sites for hydroxylation is 3. The molecule has 21 heavy (non-hydrogen) atoms. The Morgan fingerprint density at radius 1 is 1.10 bits per heavy atom. The Hall–Kier alpha value is -1.40. The van der Waals surface area contributed by atoms with E-state index in [4.69, 9.17) is 0 Å². The maximum atomic E-state index is 12.3. The van der Waals surface area contributed by atoms with Gasteiger partial charge in [0.25, 0.3) is 10.0 Å². The van der Waals surface area contributed by atoms with Gasteiger partial charge in [0.2, 0.25) is 0 Å². The van der Waals surface area contributed by atoms with E-state index in [1.54, 1.807) is 24.3 Å². The molecule has 0 bridgehead atoms. The summed E-state index contributed by atoms with van der Waals surface area (Å²) >= 11 is 1.47. The summed E-state index contributed by atoms with van der Waals surface area (Å²) in [4.78, 5) is 5.97. The molecule has 1 aromatic carbocycles. The molecule has 0 radical (unpaired) electrons. The maximum absolute atomic E-state index is 12.3. The van der Waals surface area contributed by atoms with Gasteiger partial charge in [-0.2, -0.15) is 0 Å². The zero-order chi connectivity index (χ0) is 14.9. The number of nitrogens with zero attached hydrogens (tertiary/aromatic N) is 1. The molecule has 1 aliphatic rings. The van der Waals surface area contributed by atoms with Crippen LogP contribution in [0.25, 0.3) is 0 Å². The Balaban J connectivity index is 1.84. The van der Waals surface area contributed by atoms with E-state index in [9.17, 15) is 8.42 Å². The minimum atomic E-state index is -3.54. The van der Waals surface area contributed by atoms with Gasteiger partial charge in [-0.15, -0.1) is 11.3 Å². The van der Waals surface area contributed by atoms with E-state index < -0.39 is 10.0 Å².